The van der Waals surface area contributed by atoms with Gasteiger partial charge in [0, 0.05) is 5.75 Å². The van der Waals surface area contributed by atoms with Gasteiger partial charge in [-0.25, -0.2) is 13.5 Å². The van der Waals surface area contributed by atoms with Gasteiger partial charge >= 0.3 is 0 Å². The molecule has 1 heterocycles. The van der Waals surface area contributed by atoms with E-state index in [4.69, 9.17) is 29.0 Å². The van der Waals surface area contributed by atoms with Gasteiger partial charge in [0.25, 0.3) is 6.43 Å². The van der Waals surface area contributed by atoms with Crippen LogP contribution in [0, 0.1) is 0 Å². The molecule has 9 heteroatoms. The Balaban J connectivity index is 2.08. The fraction of sp³-hybridized carbons (Fsp3) is 0.200. The summed E-state index contributed by atoms with van der Waals surface area (Å²) in [5, 5.41) is 8.03. The summed E-state index contributed by atoms with van der Waals surface area (Å²) in [4.78, 5) is 0. The second kappa shape index (κ2) is 5.94. The smallest absolute Gasteiger partial charge is 0.299 e. The molecule has 0 radical (unpaired) electrons. The first-order valence-electron chi connectivity index (χ1n) is 5.04. The Morgan fingerprint density at radius 1 is 1.26 bits per heavy atom. The zero-order valence-corrected chi connectivity index (χ0v) is 11.7. The molecule has 0 aliphatic carbocycles. The lowest BCUT2D eigenvalue weighted by molar-refractivity contribution is 0.136. The van der Waals surface area contributed by atoms with Crippen LogP contribution in [0.2, 0.25) is 10.0 Å². The standard InChI is InChI=1S/C10H8Cl2F2N4S/c11-6-2-1-5(3-7(6)12)4-19-10-17-16-9(8(13)14)18(10)15/h1-3,8H,4,15H2. The largest absolute Gasteiger partial charge is 0.335 e. The van der Waals surface area contributed by atoms with E-state index in [2.05, 4.69) is 10.2 Å². The maximum Gasteiger partial charge on any atom is 0.299 e. The van der Waals surface area contributed by atoms with Crippen molar-refractivity contribution in [3.05, 3.63) is 39.6 Å². The highest BCUT2D eigenvalue weighted by atomic mass is 35.5. The van der Waals surface area contributed by atoms with Crippen LogP contribution < -0.4 is 5.84 Å². The number of hydrogen-bond acceptors (Lipinski definition) is 4. The monoisotopic (exact) mass is 324 g/mol. The number of alkyl halides is 2. The Morgan fingerprint density at radius 2 is 2.00 bits per heavy atom. The van der Waals surface area contributed by atoms with Crippen LogP contribution in [-0.4, -0.2) is 14.9 Å². The lowest BCUT2D eigenvalue weighted by Gasteiger charge is -2.04. The van der Waals surface area contributed by atoms with Gasteiger partial charge in [-0.3, -0.25) is 0 Å². The van der Waals surface area contributed by atoms with Crippen molar-refractivity contribution in [2.45, 2.75) is 17.3 Å². The molecule has 19 heavy (non-hydrogen) atoms. The van der Waals surface area contributed by atoms with Crippen molar-refractivity contribution in [3.63, 3.8) is 0 Å². The minimum absolute atomic E-state index is 0.210. The van der Waals surface area contributed by atoms with Crippen LogP contribution in [0.4, 0.5) is 8.78 Å². The van der Waals surface area contributed by atoms with Crippen molar-refractivity contribution in [2.24, 2.45) is 0 Å². The Hall–Kier alpha value is -1.05. The molecule has 0 fully saturated rings. The van der Waals surface area contributed by atoms with Gasteiger partial charge in [-0.1, -0.05) is 41.0 Å². The average Bonchev–Trinajstić information content (AvgIpc) is 2.72. The highest BCUT2D eigenvalue weighted by Gasteiger charge is 2.18. The molecule has 0 atom stereocenters. The molecular weight excluding hydrogens is 317 g/mol. The zero-order valence-electron chi connectivity index (χ0n) is 9.36. The summed E-state index contributed by atoms with van der Waals surface area (Å²) in [5.41, 5.74) is 0.876. The summed E-state index contributed by atoms with van der Waals surface area (Å²) in [7, 11) is 0. The molecule has 1 aromatic heterocycles. The van der Waals surface area contributed by atoms with Crippen LogP contribution in [0.5, 0.6) is 0 Å². The van der Waals surface area contributed by atoms with E-state index in [1.165, 1.54) is 11.8 Å². The lowest BCUT2D eigenvalue weighted by Crippen LogP contribution is -2.14. The summed E-state index contributed by atoms with van der Waals surface area (Å²) in [5.74, 6) is 5.38. The number of nitrogen functional groups attached to an aromatic ring is 1. The minimum Gasteiger partial charge on any atom is -0.335 e. The number of benzene rings is 1. The van der Waals surface area contributed by atoms with E-state index >= 15 is 0 Å². The topological polar surface area (TPSA) is 56.7 Å². The van der Waals surface area contributed by atoms with E-state index < -0.39 is 12.2 Å². The van der Waals surface area contributed by atoms with Crippen LogP contribution in [0.25, 0.3) is 0 Å². The van der Waals surface area contributed by atoms with E-state index in [9.17, 15) is 8.78 Å². The van der Waals surface area contributed by atoms with Gasteiger partial charge in [-0.15, -0.1) is 10.2 Å². The van der Waals surface area contributed by atoms with Gasteiger partial charge in [-0.2, -0.15) is 0 Å². The van der Waals surface area contributed by atoms with E-state index in [-0.39, 0.29) is 5.16 Å². The quantitative estimate of drug-likeness (QED) is 0.690. The molecule has 4 nitrogen and oxygen atoms in total. The molecule has 0 aliphatic rings. The molecule has 2 rings (SSSR count). The Labute approximate surface area is 121 Å². The second-order valence-electron chi connectivity index (χ2n) is 3.55. The van der Waals surface area contributed by atoms with Gasteiger partial charge in [0.1, 0.15) is 0 Å². The number of nitrogens with two attached hydrogens (primary N) is 1. The molecule has 1 aromatic carbocycles. The highest BCUT2D eigenvalue weighted by Crippen LogP contribution is 2.27. The number of rotatable bonds is 4. The Bertz CT molecular complexity index is 591. The summed E-state index contributed by atoms with van der Waals surface area (Å²) in [6.07, 6.45) is -2.75. The minimum atomic E-state index is -2.75. The molecule has 0 saturated carbocycles. The van der Waals surface area contributed by atoms with Crippen LogP contribution in [0.15, 0.2) is 23.4 Å². The van der Waals surface area contributed by atoms with Crippen molar-refractivity contribution in [1.82, 2.24) is 14.9 Å². The molecular formula is C10H8Cl2F2N4S. The number of thioether (sulfide) groups is 1. The molecule has 0 spiro atoms. The highest BCUT2D eigenvalue weighted by molar-refractivity contribution is 7.98. The number of hydrogen-bond donors (Lipinski definition) is 1. The fourth-order valence-corrected chi connectivity index (χ4v) is 2.44. The third-order valence-electron chi connectivity index (χ3n) is 2.24. The molecule has 0 aliphatic heterocycles. The second-order valence-corrected chi connectivity index (χ2v) is 5.31. The van der Waals surface area contributed by atoms with Gasteiger partial charge in [-0.05, 0) is 17.7 Å². The van der Waals surface area contributed by atoms with Crippen LogP contribution >= 0.6 is 35.0 Å². The molecule has 0 saturated heterocycles. The first kappa shape index (κ1) is 14.4. The third kappa shape index (κ3) is 3.29. The van der Waals surface area contributed by atoms with Crippen molar-refractivity contribution >= 4 is 35.0 Å². The third-order valence-corrected chi connectivity index (χ3v) is 3.99. The lowest BCUT2D eigenvalue weighted by atomic mass is 10.2. The Morgan fingerprint density at radius 3 is 2.58 bits per heavy atom. The number of aromatic nitrogens is 3. The van der Waals surface area contributed by atoms with Crippen molar-refractivity contribution in [3.8, 4) is 0 Å². The van der Waals surface area contributed by atoms with Gasteiger partial charge in [0.05, 0.1) is 10.0 Å². The number of nitrogens with zero attached hydrogens (tertiary/aromatic N) is 3. The van der Waals surface area contributed by atoms with Gasteiger partial charge in [0.2, 0.25) is 11.0 Å². The van der Waals surface area contributed by atoms with Crippen molar-refractivity contribution < 1.29 is 8.78 Å². The van der Waals surface area contributed by atoms with Crippen molar-refractivity contribution in [2.75, 3.05) is 5.84 Å². The van der Waals surface area contributed by atoms with Gasteiger partial charge in [0.15, 0.2) is 0 Å². The molecule has 2 aromatic rings. The predicted octanol–water partition coefficient (Wildman–Crippen LogP) is 3.53. The summed E-state index contributed by atoms with van der Waals surface area (Å²) in [6.45, 7) is 0. The van der Waals surface area contributed by atoms with E-state index in [1.807, 2.05) is 0 Å². The Kier molecular flexibility index (Phi) is 4.49. The molecule has 2 N–H and O–H groups in total. The maximum absolute atomic E-state index is 12.5. The molecule has 102 valence electrons. The average molecular weight is 325 g/mol. The van der Waals surface area contributed by atoms with E-state index in [0.29, 0.717) is 15.8 Å². The normalized spacial score (nSPS) is 11.2. The van der Waals surface area contributed by atoms with E-state index in [1.54, 1.807) is 18.2 Å². The summed E-state index contributed by atoms with van der Waals surface area (Å²) >= 11 is 12.8. The van der Waals surface area contributed by atoms with Crippen LogP contribution in [-0.2, 0) is 5.75 Å². The summed E-state index contributed by atoms with van der Waals surface area (Å²) < 4.78 is 25.7. The maximum atomic E-state index is 12.5. The number of halogens is 4. The molecule has 0 unspecified atom stereocenters. The summed E-state index contributed by atoms with van der Waals surface area (Å²) in [6, 6.07) is 5.14. The first-order chi connectivity index (χ1) is 8.99. The van der Waals surface area contributed by atoms with Crippen LogP contribution in [0.3, 0.4) is 0 Å². The first-order valence-corrected chi connectivity index (χ1v) is 6.78. The van der Waals surface area contributed by atoms with E-state index in [0.717, 1.165) is 10.2 Å². The van der Waals surface area contributed by atoms with Gasteiger partial charge < -0.3 is 5.84 Å². The fourth-order valence-electron chi connectivity index (χ4n) is 1.31. The molecule has 0 amide bonds. The van der Waals surface area contributed by atoms with Crippen molar-refractivity contribution in [1.29, 1.82) is 0 Å². The zero-order chi connectivity index (χ0) is 14.0. The van der Waals surface area contributed by atoms with Crippen LogP contribution in [0.1, 0.15) is 17.8 Å². The SMILES string of the molecule is Nn1c(SCc2ccc(Cl)c(Cl)c2)nnc1C(F)F. The predicted molar refractivity (Wildman–Crippen MR) is 71.2 cm³/mol. The molecule has 0 bridgehead atoms.